The molecule has 0 unspecified atom stereocenters. The van der Waals surface area contributed by atoms with Crippen LogP contribution in [0.15, 0.2) is 18.2 Å². The number of amides is 1. The minimum Gasteiger partial charge on any atom is -0.326 e. The lowest BCUT2D eigenvalue weighted by molar-refractivity contribution is -0.137. The van der Waals surface area contributed by atoms with Gasteiger partial charge in [0.05, 0.1) is 10.6 Å². The summed E-state index contributed by atoms with van der Waals surface area (Å²) in [7, 11) is 0. The Kier molecular flexibility index (Phi) is 3.80. The Bertz CT molecular complexity index is 404. The van der Waals surface area contributed by atoms with Crippen molar-refractivity contribution >= 4 is 23.2 Å². The van der Waals surface area contributed by atoms with E-state index in [1.54, 1.807) is 6.92 Å². The predicted octanol–water partition coefficient (Wildman–Crippen LogP) is 3.71. The zero-order valence-electron chi connectivity index (χ0n) is 8.36. The van der Waals surface area contributed by atoms with Crippen LogP contribution in [0.5, 0.6) is 0 Å². The third kappa shape index (κ3) is 3.13. The lowest BCUT2D eigenvalue weighted by Crippen LogP contribution is -2.11. The van der Waals surface area contributed by atoms with Gasteiger partial charge in [0.2, 0.25) is 5.91 Å². The normalized spacial score (nSPS) is 11.3. The number of hydrogen-bond acceptors (Lipinski definition) is 1. The van der Waals surface area contributed by atoms with Gasteiger partial charge in [-0.25, -0.2) is 0 Å². The van der Waals surface area contributed by atoms with Gasteiger partial charge in [-0.05, 0) is 18.2 Å². The van der Waals surface area contributed by atoms with Crippen LogP contribution in [0.25, 0.3) is 0 Å². The molecule has 16 heavy (non-hydrogen) atoms. The average molecular weight is 252 g/mol. The third-order valence-electron chi connectivity index (χ3n) is 1.88. The second kappa shape index (κ2) is 4.74. The number of carbonyl (C=O) groups excluding carboxylic acids is 1. The van der Waals surface area contributed by atoms with Crippen molar-refractivity contribution in [3.05, 3.63) is 28.8 Å². The number of alkyl halides is 3. The Morgan fingerprint density at radius 2 is 2.06 bits per heavy atom. The second-order valence-corrected chi connectivity index (χ2v) is 3.50. The third-order valence-corrected chi connectivity index (χ3v) is 2.21. The summed E-state index contributed by atoms with van der Waals surface area (Å²) in [5, 5.41) is 1.95. The number of nitrogens with one attached hydrogen (secondary N) is 1. The first-order valence-electron chi connectivity index (χ1n) is 4.51. The maximum absolute atomic E-state index is 12.5. The fourth-order valence-electron chi connectivity index (χ4n) is 1.07. The molecule has 0 aromatic heterocycles. The number of hydrogen-bond donors (Lipinski definition) is 1. The molecule has 88 valence electrons. The fraction of sp³-hybridized carbons (Fsp3) is 0.300. The Morgan fingerprint density at radius 3 is 2.56 bits per heavy atom. The number of anilines is 1. The van der Waals surface area contributed by atoms with E-state index < -0.39 is 11.7 Å². The summed E-state index contributed by atoms with van der Waals surface area (Å²) in [6.07, 6.45) is -4.33. The minimum atomic E-state index is -4.52. The quantitative estimate of drug-likeness (QED) is 0.853. The highest BCUT2D eigenvalue weighted by molar-refractivity contribution is 6.31. The molecule has 0 aliphatic carbocycles. The summed E-state index contributed by atoms with van der Waals surface area (Å²) in [6.45, 7) is 1.61. The molecule has 0 bridgehead atoms. The van der Waals surface area contributed by atoms with Crippen LogP contribution < -0.4 is 5.32 Å². The molecule has 0 spiro atoms. The van der Waals surface area contributed by atoms with Gasteiger partial charge in [-0.2, -0.15) is 13.2 Å². The molecule has 0 heterocycles. The van der Waals surface area contributed by atoms with Crippen molar-refractivity contribution in [2.24, 2.45) is 0 Å². The van der Waals surface area contributed by atoms with Crippen LogP contribution in [0.2, 0.25) is 5.02 Å². The lowest BCUT2D eigenvalue weighted by Gasteiger charge is -2.11. The van der Waals surface area contributed by atoms with E-state index in [-0.39, 0.29) is 23.0 Å². The number of carbonyl (C=O) groups is 1. The molecule has 0 saturated heterocycles. The van der Waals surface area contributed by atoms with Gasteiger partial charge in [0.1, 0.15) is 0 Å². The minimum absolute atomic E-state index is 0.0866. The molecule has 1 aromatic rings. The number of benzene rings is 1. The van der Waals surface area contributed by atoms with Gasteiger partial charge in [0.15, 0.2) is 0 Å². The Labute approximate surface area is 95.4 Å². The van der Waals surface area contributed by atoms with Gasteiger partial charge in [0, 0.05) is 12.1 Å². The molecule has 2 nitrogen and oxygen atoms in total. The summed E-state index contributed by atoms with van der Waals surface area (Å²) in [5.74, 6) is -0.351. The monoisotopic (exact) mass is 251 g/mol. The molecule has 0 saturated carbocycles. The van der Waals surface area contributed by atoms with E-state index >= 15 is 0 Å². The summed E-state index contributed by atoms with van der Waals surface area (Å²) < 4.78 is 37.4. The van der Waals surface area contributed by atoms with E-state index in [4.69, 9.17) is 11.6 Å². The van der Waals surface area contributed by atoms with Gasteiger partial charge in [-0.3, -0.25) is 4.79 Å². The molecule has 0 radical (unpaired) electrons. The van der Waals surface area contributed by atoms with Crippen molar-refractivity contribution in [1.29, 1.82) is 0 Å². The van der Waals surface area contributed by atoms with Crippen molar-refractivity contribution in [3.63, 3.8) is 0 Å². The molecule has 0 atom stereocenters. The number of rotatable bonds is 2. The van der Waals surface area contributed by atoms with Crippen molar-refractivity contribution in [2.45, 2.75) is 19.5 Å². The van der Waals surface area contributed by atoms with E-state index in [9.17, 15) is 18.0 Å². The highest BCUT2D eigenvalue weighted by Crippen LogP contribution is 2.36. The molecular weight excluding hydrogens is 243 g/mol. The van der Waals surface area contributed by atoms with E-state index in [2.05, 4.69) is 5.32 Å². The maximum Gasteiger partial charge on any atom is 0.417 e. The fourth-order valence-corrected chi connectivity index (χ4v) is 1.29. The average Bonchev–Trinajstić information content (AvgIpc) is 2.19. The molecule has 0 aliphatic heterocycles. The van der Waals surface area contributed by atoms with E-state index in [1.807, 2.05) is 0 Å². The SMILES string of the molecule is CCC(=O)Nc1ccc(Cl)c(C(F)(F)F)c1. The van der Waals surface area contributed by atoms with Crippen molar-refractivity contribution in [1.82, 2.24) is 0 Å². The first kappa shape index (κ1) is 12.8. The highest BCUT2D eigenvalue weighted by atomic mass is 35.5. The summed E-state index contributed by atoms with van der Waals surface area (Å²) in [5.41, 5.74) is -0.869. The van der Waals surface area contributed by atoms with Gasteiger partial charge in [-0.15, -0.1) is 0 Å². The highest BCUT2D eigenvalue weighted by Gasteiger charge is 2.33. The Hall–Kier alpha value is -1.23. The summed E-state index contributed by atoms with van der Waals surface area (Å²) >= 11 is 5.42. The molecule has 1 N–H and O–H groups in total. The van der Waals surface area contributed by atoms with Crippen LogP contribution in [0.1, 0.15) is 18.9 Å². The standard InChI is InChI=1S/C10H9ClF3NO/c1-2-9(16)15-6-3-4-8(11)7(5-6)10(12,13)14/h3-5H,2H2,1H3,(H,15,16). The predicted molar refractivity (Wildman–Crippen MR) is 55.4 cm³/mol. The Balaban J connectivity index is 3.03. The lowest BCUT2D eigenvalue weighted by atomic mass is 10.2. The van der Waals surface area contributed by atoms with Crippen molar-refractivity contribution < 1.29 is 18.0 Å². The van der Waals surface area contributed by atoms with Crippen molar-refractivity contribution in [3.8, 4) is 0 Å². The molecule has 0 fully saturated rings. The summed E-state index contributed by atoms with van der Waals surface area (Å²) in [4.78, 5) is 11.0. The Morgan fingerprint density at radius 1 is 1.44 bits per heavy atom. The van der Waals surface area contributed by atoms with Crippen molar-refractivity contribution in [2.75, 3.05) is 5.32 Å². The molecule has 1 rings (SSSR count). The van der Waals surface area contributed by atoms with Gasteiger partial charge in [0.25, 0.3) is 0 Å². The van der Waals surface area contributed by atoms with E-state index in [1.165, 1.54) is 6.07 Å². The van der Waals surface area contributed by atoms with Gasteiger partial charge in [-0.1, -0.05) is 18.5 Å². The topological polar surface area (TPSA) is 29.1 Å². The molecule has 6 heteroatoms. The summed E-state index contributed by atoms with van der Waals surface area (Å²) in [6, 6.07) is 3.25. The van der Waals surface area contributed by atoms with E-state index in [0.717, 1.165) is 12.1 Å². The van der Waals surface area contributed by atoms with Crippen LogP contribution >= 0.6 is 11.6 Å². The van der Waals surface area contributed by atoms with Gasteiger partial charge >= 0.3 is 6.18 Å². The van der Waals surface area contributed by atoms with Crippen LogP contribution in [-0.4, -0.2) is 5.91 Å². The van der Waals surface area contributed by atoms with E-state index in [0.29, 0.717) is 0 Å². The largest absolute Gasteiger partial charge is 0.417 e. The first-order valence-corrected chi connectivity index (χ1v) is 4.89. The maximum atomic E-state index is 12.5. The zero-order valence-corrected chi connectivity index (χ0v) is 9.12. The van der Waals surface area contributed by atoms with Crippen LogP contribution in [0, 0.1) is 0 Å². The molecule has 1 aromatic carbocycles. The van der Waals surface area contributed by atoms with Gasteiger partial charge < -0.3 is 5.32 Å². The number of halogens is 4. The first-order chi connectivity index (χ1) is 7.34. The molecular formula is C10H9ClF3NO. The smallest absolute Gasteiger partial charge is 0.326 e. The molecule has 1 amide bonds. The second-order valence-electron chi connectivity index (χ2n) is 3.09. The molecule has 0 aliphatic rings. The van der Waals surface area contributed by atoms with Crippen LogP contribution in [-0.2, 0) is 11.0 Å². The zero-order chi connectivity index (χ0) is 12.3. The van der Waals surface area contributed by atoms with Crippen LogP contribution in [0.3, 0.4) is 0 Å². The van der Waals surface area contributed by atoms with Crippen LogP contribution in [0.4, 0.5) is 18.9 Å².